The molecule has 106 valence electrons. The highest BCUT2D eigenvalue weighted by Crippen LogP contribution is 2.26. The van der Waals surface area contributed by atoms with Crippen molar-refractivity contribution in [2.24, 2.45) is 0 Å². The molecule has 1 aliphatic rings. The Labute approximate surface area is 113 Å². The molecule has 0 aliphatic carbocycles. The predicted molar refractivity (Wildman–Crippen MR) is 64.7 cm³/mol. The number of aromatic nitrogens is 1. The summed E-state index contributed by atoms with van der Waals surface area (Å²) in [7, 11) is -3.99. The van der Waals surface area contributed by atoms with E-state index in [1.807, 2.05) is 0 Å². The fourth-order valence-electron chi connectivity index (χ4n) is 1.77. The van der Waals surface area contributed by atoms with E-state index in [1.165, 1.54) is 5.51 Å². The number of morpholine rings is 1. The van der Waals surface area contributed by atoms with Crippen LogP contribution in [-0.2, 0) is 14.8 Å². The first kappa shape index (κ1) is 14.3. The fourth-order valence-corrected chi connectivity index (χ4v) is 4.61. The first-order valence-corrected chi connectivity index (χ1v) is 7.67. The van der Waals surface area contributed by atoms with Crippen molar-refractivity contribution in [3.8, 4) is 0 Å². The third kappa shape index (κ3) is 2.62. The zero-order valence-electron chi connectivity index (χ0n) is 9.72. The van der Waals surface area contributed by atoms with E-state index in [0.717, 1.165) is 15.6 Å². The molecule has 0 spiro atoms. The molecule has 0 aromatic carbocycles. The molecule has 0 bridgehead atoms. The van der Waals surface area contributed by atoms with Gasteiger partial charge in [-0.25, -0.2) is 18.2 Å². The number of aliphatic hydroxyl groups excluding tert-OH is 1. The second-order valence-electron chi connectivity index (χ2n) is 3.82. The van der Waals surface area contributed by atoms with Gasteiger partial charge in [0.1, 0.15) is 0 Å². The monoisotopic (exact) mass is 308 g/mol. The molecule has 1 saturated heterocycles. The molecule has 2 N–H and O–H groups in total. The lowest BCUT2D eigenvalue weighted by Gasteiger charge is -2.32. The van der Waals surface area contributed by atoms with Gasteiger partial charge in [0.2, 0.25) is 0 Å². The summed E-state index contributed by atoms with van der Waals surface area (Å²) in [4.78, 5) is 14.5. The predicted octanol–water partition coefficient (Wildman–Crippen LogP) is -0.777. The molecular formula is C9H12N2O6S2. The Kier molecular flexibility index (Phi) is 4.16. The summed E-state index contributed by atoms with van der Waals surface area (Å²) in [6.07, 6.45) is 0. The standard InChI is InChI=1S/C9H12N2O6S2/c12-3-6-4-17-2-1-11(6)19(15,16)9-7(8(13)14)10-5-18-9/h5-6,12H,1-4H2,(H,13,14). The van der Waals surface area contributed by atoms with Crippen LogP contribution >= 0.6 is 11.3 Å². The highest BCUT2D eigenvalue weighted by Gasteiger charge is 2.37. The van der Waals surface area contributed by atoms with Crippen LogP contribution in [0.5, 0.6) is 0 Å². The maximum atomic E-state index is 12.4. The van der Waals surface area contributed by atoms with Crippen molar-refractivity contribution in [3.05, 3.63) is 11.2 Å². The molecule has 10 heteroatoms. The Morgan fingerprint density at radius 2 is 2.37 bits per heavy atom. The molecule has 2 rings (SSSR count). The number of sulfonamides is 1. The van der Waals surface area contributed by atoms with E-state index in [2.05, 4.69) is 4.98 Å². The van der Waals surface area contributed by atoms with Crippen molar-refractivity contribution in [2.75, 3.05) is 26.4 Å². The van der Waals surface area contributed by atoms with Gasteiger partial charge in [-0.3, -0.25) is 0 Å². The minimum atomic E-state index is -3.99. The summed E-state index contributed by atoms with van der Waals surface area (Å²) in [5.41, 5.74) is 0.679. The number of rotatable bonds is 4. The van der Waals surface area contributed by atoms with E-state index in [-0.39, 0.29) is 30.6 Å². The maximum absolute atomic E-state index is 12.4. The van der Waals surface area contributed by atoms with Crippen LogP contribution in [0.4, 0.5) is 0 Å². The fraction of sp³-hybridized carbons (Fsp3) is 0.556. The van der Waals surface area contributed by atoms with Gasteiger partial charge in [0.15, 0.2) is 9.90 Å². The van der Waals surface area contributed by atoms with E-state index in [4.69, 9.17) is 9.84 Å². The Hall–Kier alpha value is -1.07. The van der Waals surface area contributed by atoms with Crippen LogP contribution in [0.25, 0.3) is 0 Å². The first-order chi connectivity index (χ1) is 8.98. The largest absolute Gasteiger partial charge is 0.476 e. The van der Waals surface area contributed by atoms with E-state index >= 15 is 0 Å². The molecule has 0 amide bonds. The molecule has 19 heavy (non-hydrogen) atoms. The number of nitrogens with zero attached hydrogens (tertiary/aromatic N) is 2. The van der Waals surface area contributed by atoms with Crippen LogP contribution in [0.15, 0.2) is 9.72 Å². The van der Waals surface area contributed by atoms with Gasteiger partial charge in [0, 0.05) is 6.54 Å². The lowest BCUT2D eigenvalue weighted by atomic mass is 10.3. The number of aliphatic hydroxyl groups is 1. The number of carboxylic acids is 1. The smallest absolute Gasteiger partial charge is 0.356 e. The normalized spacial score (nSPS) is 21.4. The third-order valence-electron chi connectivity index (χ3n) is 2.66. The van der Waals surface area contributed by atoms with E-state index in [9.17, 15) is 18.3 Å². The SMILES string of the molecule is O=C(O)c1ncsc1S(=O)(=O)N1CCOCC1CO. The number of ether oxygens (including phenoxy) is 1. The molecule has 0 saturated carbocycles. The Bertz CT molecular complexity index is 569. The van der Waals surface area contributed by atoms with Gasteiger partial charge in [0.25, 0.3) is 10.0 Å². The highest BCUT2D eigenvalue weighted by molar-refractivity contribution is 7.91. The zero-order chi connectivity index (χ0) is 14.0. The number of hydrogen-bond acceptors (Lipinski definition) is 7. The van der Waals surface area contributed by atoms with Gasteiger partial charge < -0.3 is 14.9 Å². The molecular weight excluding hydrogens is 296 g/mol. The highest BCUT2D eigenvalue weighted by atomic mass is 32.2. The van der Waals surface area contributed by atoms with Crippen LogP contribution in [0.2, 0.25) is 0 Å². The second kappa shape index (κ2) is 5.51. The molecule has 0 radical (unpaired) electrons. The summed E-state index contributed by atoms with van der Waals surface area (Å²) >= 11 is 0.747. The van der Waals surface area contributed by atoms with Gasteiger partial charge >= 0.3 is 5.97 Å². The van der Waals surface area contributed by atoms with E-state index < -0.39 is 27.7 Å². The molecule has 2 heterocycles. The minimum Gasteiger partial charge on any atom is -0.476 e. The molecule has 1 unspecified atom stereocenters. The van der Waals surface area contributed by atoms with Crippen molar-refractivity contribution in [3.63, 3.8) is 0 Å². The van der Waals surface area contributed by atoms with Crippen molar-refractivity contribution in [1.82, 2.24) is 9.29 Å². The summed E-state index contributed by atoms with van der Waals surface area (Å²) in [6.45, 7) is -0.0289. The minimum absolute atomic E-state index is 0.0739. The van der Waals surface area contributed by atoms with Crippen molar-refractivity contribution in [1.29, 1.82) is 0 Å². The van der Waals surface area contributed by atoms with Gasteiger partial charge in [-0.2, -0.15) is 4.31 Å². The summed E-state index contributed by atoms with van der Waals surface area (Å²) in [5.74, 6) is -1.39. The molecule has 8 nitrogen and oxygen atoms in total. The summed E-state index contributed by atoms with van der Waals surface area (Å²) < 4.78 is 30.7. The number of carboxylic acid groups (broad SMARTS) is 1. The Balaban J connectivity index is 2.41. The Morgan fingerprint density at radius 3 is 3.00 bits per heavy atom. The van der Waals surface area contributed by atoms with E-state index in [0.29, 0.717) is 0 Å². The molecule has 1 atom stereocenters. The lowest BCUT2D eigenvalue weighted by molar-refractivity contribution is 0.0109. The molecule has 1 aliphatic heterocycles. The van der Waals surface area contributed by atoms with Gasteiger partial charge in [-0.1, -0.05) is 0 Å². The third-order valence-corrected chi connectivity index (χ3v) is 5.96. The summed E-state index contributed by atoms with van der Waals surface area (Å²) in [6, 6.07) is -0.706. The van der Waals surface area contributed by atoms with Crippen LogP contribution in [-0.4, -0.2) is 66.3 Å². The first-order valence-electron chi connectivity index (χ1n) is 5.35. The quantitative estimate of drug-likeness (QED) is 0.749. The van der Waals surface area contributed by atoms with Crippen LogP contribution in [0, 0.1) is 0 Å². The lowest BCUT2D eigenvalue weighted by Crippen LogP contribution is -2.50. The van der Waals surface area contributed by atoms with Crippen molar-refractivity contribution in [2.45, 2.75) is 10.3 Å². The molecule has 1 aromatic heterocycles. The van der Waals surface area contributed by atoms with Gasteiger partial charge in [-0.05, 0) is 0 Å². The zero-order valence-corrected chi connectivity index (χ0v) is 11.4. The topological polar surface area (TPSA) is 117 Å². The molecule has 1 fully saturated rings. The van der Waals surface area contributed by atoms with E-state index in [1.54, 1.807) is 0 Å². The molecule has 1 aromatic rings. The van der Waals surface area contributed by atoms with Gasteiger partial charge in [0.05, 0.1) is 31.4 Å². The average Bonchev–Trinajstić information content (AvgIpc) is 2.88. The number of hydrogen-bond donors (Lipinski definition) is 2. The average molecular weight is 308 g/mol. The van der Waals surface area contributed by atoms with Crippen molar-refractivity contribution < 1.29 is 28.2 Å². The summed E-state index contributed by atoms with van der Waals surface area (Å²) in [5, 5.41) is 18.1. The number of aromatic carboxylic acids is 1. The van der Waals surface area contributed by atoms with Gasteiger partial charge in [-0.15, -0.1) is 11.3 Å². The second-order valence-corrected chi connectivity index (χ2v) is 6.76. The maximum Gasteiger partial charge on any atom is 0.356 e. The number of thiazole rings is 1. The number of carbonyl (C=O) groups is 1. The van der Waals surface area contributed by atoms with Crippen LogP contribution in [0.1, 0.15) is 10.5 Å². The van der Waals surface area contributed by atoms with Crippen LogP contribution in [0.3, 0.4) is 0 Å². The van der Waals surface area contributed by atoms with Crippen molar-refractivity contribution >= 4 is 27.3 Å². The Morgan fingerprint density at radius 1 is 1.63 bits per heavy atom. The van der Waals surface area contributed by atoms with Crippen LogP contribution < -0.4 is 0 Å².